The van der Waals surface area contributed by atoms with E-state index in [0.717, 1.165) is 27.5 Å². The van der Waals surface area contributed by atoms with Crippen molar-refractivity contribution < 1.29 is 19.1 Å². The molecule has 1 N–H and O–H groups in total. The number of nitrogens with zero attached hydrogens (tertiary/aromatic N) is 2. The second kappa shape index (κ2) is 7.62. The largest absolute Gasteiger partial charge is 0.493 e. The van der Waals surface area contributed by atoms with Gasteiger partial charge in [-0.25, -0.2) is 4.79 Å². The molecule has 7 nitrogen and oxygen atoms in total. The van der Waals surface area contributed by atoms with Crippen LogP contribution in [0.3, 0.4) is 0 Å². The zero-order chi connectivity index (χ0) is 23.3. The fourth-order valence-electron chi connectivity index (χ4n) is 4.97. The maximum Gasteiger partial charge on any atom is 0.325 e. The molecule has 0 bridgehead atoms. The van der Waals surface area contributed by atoms with Gasteiger partial charge < -0.3 is 14.6 Å². The van der Waals surface area contributed by atoms with Gasteiger partial charge in [-0.05, 0) is 44.5 Å². The molecule has 7 heteroatoms. The normalized spacial score (nSPS) is 19.4. The van der Waals surface area contributed by atoms with E-state index in [0.29, 0.717) is 29.9 Å². The van der Waals surface area contributed by atoms with E-state index in [1.807, 2.05) is 67.8 Å². The summed E-state index contributed by atoms with van der Waals surface area (Å²) >= 11 is 0. The molecule has 0 aliphatic carbocycles. The van der Waals surface area contributed by atoms with Gasteiger partial charge in [0.1, 0.15) is 5.75 Å². The van der Waals surface area contributed by atoms with Crippen molar-refractivity contribution in [2.45, 2.75) is 32.7 Å². The van der Waals surface area contributed by atoms with Crippen LogP contribution in [0.25, 0.3) is 5.69 Å². The summed E-state index contributed by atoms with van der Waals surface area (Å²) in [5.41, 5.74) is 3.73. The van der Waals surface area contributed by atoms with Crippen molar-refractivity contribution in [1.29, 1.82) is 0 Å². The number of ether oxygens (including phenoxy) is 1. The number of rotatable bonds is 4. The number of aryl methyl sites for hydroxylation is 2. The Labute approximate surface area is 192 Å². The molecular weight excluding hydrogens is 418 g/mol. The second-order valence-corrected chi connectivity index (χ2v) is 8.65. The van der Waals surface area contributed by atoms with Gasteiger partial charge in [0.25, 0.3) is 5.91 Å². The molecule has 0 saturated carbocycles. The number of fused-ring (bicyclic) bond motifs is 2. The number of aromatic nitrogens is 1. The first-order valence-electron chi connectivity index (χ1n) is 11.0. The fourth-order valence-corrected chi connectivity index (χ4v) is 4.97. The van der Waals surface area contributed by atoms with Gasteiger partial charge in [-0.1, -0.05) is 36.4 Å². The van der Waals surface area contributed by atoms with E-state index in [-0.39, 0.29) is 12.3 Å². The quantitative estimate of drug-likeness (QED) is 0.491. The van der Waals surface area contributed by atoms with Crippen molar-refractivity contribution >= 4 is 17.7 Å². The third-order valence-corrected chi connectivity index (χ3v) is 6.65. The van der Waals surface area contributed by atoms with E-state index < -0.39 is 17.5 Å². The molecule has 1 aromatic heterocycles. The standard InChI is InChI=1S/C26H25N3O4/c1-16-8-4-6-10-21(16)29-17(2)14-19(18(29)3)22(30)15-28-24(31)26(27-25(28)32)12-13-33-23-11-7-5-9-20(23)26/h4-11,14H,12-13,15H2,1-3H3,(H,27,32). The summed E-state index contributed by atoms with van der Waals surface area (Å²) in [5, 5.41) is 2.85. The number of urea groups is 1. The molecule has 2 aromatic carbocycles. The van der Waals surface area contributed by atoms with E-state index in [2.05, 4.69) is 5.32 Å². The number of amides is 3. The summed E-state index contributed by atoms with van der Waals surface area (Å²) in [6, 6.07) is 16.4. The number of hydrogen-bond donors (Lipinski definition) is 1. The molecule has 3 heterocycles. The Hall–Kier alpha value is -3.87. The average Bonchev–Trinajstić information content (AvgIpc) is 3.22. The molecule has 3 amide bonds. The summed E-state index contributed by atoms with van der Waals surface area (Å²) in [7, 11) is 0. The van der Waals surface area contributed by atoms with E-state index in [1.165, 1.54) is 0 Å². The van der Waals surface area contributed by atoms with Crippen molar-refractivity contribution in [3.05, 3.63) is 82.7 Å². The molecule has 168 valence electrons. The fraction of sp³-hybridized carbons (Fsp3) is 0.269. The summed E-state index contributed by atoms with van der Waals surface area (Å²) < 4.78 is 7.70. The smallest absolute Gasteiger partial charge is 0.325 e. The van der Waals surface area contributed by atoms with Crippen LogP contribution in [-0.4, -0.2) is 40.3 Å². The highest BCUT2D eigenvalue weighted by molar-refractivity contribution is 6.12. The van der Waals surface area contributed by atoms with Crippen molar-refractivity contribution in [1.82, 2.24) is 14.8 Å². The minimum atomic E-state index is -1.19. The first-order valence-corrected chi connectivity index (χ1v) is 11.0. The number of para-hydroxylation sites is 2. The molecule has 2 aliphatic heterocycles. The Morgan fingerprint density at radius 3 is 2.58 bits per heavy atom. The topological polar surface area (TPSA) is 80.6 Å². The highest BCUT2D eigenvalue weighted by Crippen LogP contribution is 2.41. The molecule has 2 aliphatic rings. The van der Waals surface area contributed by atoms with Gasteiger partial charge in [-0.3, -0.25) is 14.5 Å². The highest BCUT2D eigenvalue weighted by atomic mass is 16.5. The maximum absolute atomic E-state index is 13.5. The van der Waals surface area contributed by atoms with Crippen LogP contribution < -0.4 is 10.1 Å². The number of Topliss-reactive ketones (excluding diaryl/α,β-unsaturated/α-hetero) is 1. The first-order chi connectivity index (χ1) is 15.8. The minimum Gasteiger partial charge on any atom is -0.493 e. The molecule has 0 radical (unpaired) electrons. The number of hydrogen-bond acceptors (Lipinski definition) is 4. The van der Waals surface area contributed by atoms with E-state index in [1.54, 1.807) is 12.1 Å². The summed E-state index contributed by atoms with van der Waals surface area (Å²) in [4.78, 5) is 40.7. The van der Waals surface area contributed by atoms with Crippen LogP contribution in [0.2, 0.25) is 0 Å². The highest BCUT2D eigenvalue weighted by Gasteiger charge is 2.55. The number of carbonyl (C=O) groups excluding carboxylic acids is 3. The third kappa shape index (κ3) is 3.15. The molecule has 1 unspecified atom stereocenters. The van der Waals surface area contributed by atoms with Gasteiger partial charge >= 0.3 is 6.03 Å². The summed E-state index contributed by atoms with van der Waals surface area (Å²) in [6.45, 7) is 5.84. The Balaban J connectivity index is 1.45. The van der Waals surface area contributed by atoms with E-state index >= 15 is 0 Å². The lowest BCUT2D eigenvalue weighted by Gasteiger charge is -2.33. The zero-order valence-corrected chi connectivity index (χ0v) is 18.8. The van der Waals surface area contributed by atoms with Gasteiger partial charge in [0.15, 0.2) is 11.3 Å². The van der Waals surface area contributed by atoms with E-state index in [4.69, 9.17) is 4.74 Å². The lowest BCUT2D eigenvalue weighted by molar-refractivity contribution is -0.132. The van der Waals surface area contributed by atoms with Gasteiger partial charge in [0, 0.05) is 34.6 Å². The predicted octanol–water partition coefficient (Wildman–Crippen LogP) is 3.82. The average molecular weight is 444 g/mol. The molecule has 5 rings (SSSR count). The lowest BCUT2D eigenvalue weighted by Crippen LogP contribution is -2.47. The number of nitrogens with one attached hydrogen (secondary N) is 1. The van der Waals surface area contributed by atoms with Crippen molar-refractivity contribution in [3.63, 3.8) is 0 Å². The van der Waals surface area contributed by atoms with Crippen molar-refractivity contribution in [2.24, 2.45) is 0 Å². The minimum absolute atomic E-state index is 0.274. The molecule has 1 saturated heterocycles. The van der Waals surface area contributed by atoms with Crippen LogP contribution in [0.4, 0.5) is 4.79 Å². The summed E-state index contributed by atoms with van der Waals surface area (Å²) in [5.74, 6) is -0.111. The van der Waals surface area contributed by atoms with Crippen molar-refractivity contribution in [3.8, 4) is 11.4 Å². The van der Waals surface area contributed by atoms with Gasteiger partial charge in [-0.2, -0.15) is 0 Å². The van der Waals surface area contributed by atoms with Crippen LogP contribution in [0, 0.1) is 20.8 Å². The Morgan fingerprint density at radius 2 is 1.79 bits per heavy atom. The molecule has 1 spiro atoms. The Morgan fingerprint density at radius 1 is 1.06 bits per heavy atom. The first kappa shape index (κ1) is 21.0. The number of ketones is 1. The van der Waals surface area contributed by atoms with Crippen LogP contribution in [0.5, 0.6) is 5.75 Å². The maximum atomic E-state index is 13.5. The van der Waals surface area contributed by atoms with E-state index in [9.17, 15) is 14.4 Å². The SMILES string of the molecule is Cc1ccccc1-n1c(C)cc(C(=O)CN2C(=O)NC3(CCOc4ccccc43)C2=O)c1C. The third-order valence-electron chi connectivity index (χ3n) is 6.65. The van der Waals surface area contributed by atoms with Crippen molar-refractivity contribution in [2.75, 3.05) is 13.2 Å². The lowest BCUT2D eigenvalue weighted by atomic mass is 9.84. The van der Waals surface area contributed by atoms with Crippen LogP contribution in [-0.2, 0) is 10.3 Å². The summed E-state index contributed by atoms with van der Waals surface area (Å²) in [6.07, 6.45) is 0.321. The second-order valence-electron chi connectivity index (χ2n) is 8.65. The zero-order valence-electron chi connectivity index (χ0n) is 18.8. The number of imide groups is 1. The Kier molecular flexibility index (Phi) is 4.85. The van der Waals surface area contributed by atoms with Gasteiger partial charge in [0.05, 0.1) is 13.2 Å². The molecule has 33 heavy (non-hydrogen) atoms. The molecule has 3 aromatic rings. The number of benzene rings is 2. The van der Waals surface area contributed by atoms with Gasteiger partial charge in [-0.15, -0.1) is 0 Å². The monoisotopic (exact) mass is 443 g/mol. The van der Waals surface area contributed by atoms with Crippen LogP contribution >= 0.6 is 0 Å². The van der Waals surface area contributed by atoms with Crippen LogP contribution in [0.1, 0.15) is 39.3 Å². The predicted molar refractivity (Wildman–Crippen MR) is 123 cm³/mol. The van der Waals surface area contributed by atoms with Crippen LogP contribution in [0.15, 0.2) is 54.6 Å². The number of carbonyl (C=O) groups is 3. The van der Waals surface area contributed by atoms with Gasteiger partial charge in [0.2, 0.25) is 0 Å². The molecule has 1 fully saturated rings. The molecular formula is C26H25N3O4. The molecule has 1 atom stereocenters. The Bertz CT molecular complexity index is 1310.